The molecule has 2 aliphatic rings. The molecule has 2 heterocycles. The zero-order valence-electron chi connectivity index (χ0n) is 16.0. The summed E-state index contributed by atoms with van der Waals surface area (Å²) in [4.78, 5) is 11.9. The lowest BCUT2D eigenvalue weighted by molar-refractivity contribution is 0.0697. The van der Waals surface area contributed by atoms with E-state index in [1.54, 1.807) is 6.07 Å². The lowest BCUT2D eigenvalue weighted by atomic mass is 9.81. The summed E-state index contributed by atoms with van der Waals surface area (Å²) < 4.78 is 2.40. The minimum absolute atomic E-state index is 0.402. The predicted octanol–water partition coefficient (Wildman–Crippen LogP) is 6.47. The molecule has 0 bridgehead atoms. The molecule has 1 aliphatic carbocycles. The van der Waals surface area contributed by atoms with Crippen molar-refractivity contribution in [3.63, 3.8) is 0 Å². The summed E-state index contributed by atoms with van der Waals surface area (Å²) in [7, 11) is 0. The number of carbonyl (C=O) groups is 1. The number of carboxylic acids is 1. The molecule has 0 spiro atoms. The standard InChI is InChI=1S/C25H25NO2/c27-25(28)20-14-15-21-22(17-9-3-1-4-10-17)23(18-11-5-2-6-12-18)26-16-8-7-13-19(20)24(21)26/h2,5-7,11-15,17H,1,3-4,8-10,16H2,(H,27,28). The number of aromatic carboxylic acids is 1. The molecule has 0 saturated heterocycles. The van der Waals surface area contributed by atoms with E-state index in [0.29, 0.717) is 11.5 Å². The van der Waals surface area contributed by atoms with Crippen molar-refractivity contribution in [1.82, 2.24) is 4.57 Å². The molecule has 1 fully saturated rings. The molecule has 1 aromatic heterocycles. The Morgan fingerprint density at radius 2 is 1.79 bits per heavy atom. The Kier molecular flexibility index (Phi) is 4.31. The van der Waals surface area contributed by atoms with Crippen molar-refractivity contribution in [3.05, 3.63) is 65.2 Å². The number of hydrogen-bond donors (Lipinski definition) is 1. The molecule has 1 N–H and O–H groups in total. The maximum Gasteiger partial charge on any atom is 0.336 e. The van der Waals surface area contributed by atoms with Crippen LogP contribution in [0.1, 0.15) is 65.9 Å². The van der Waals surface area contributed by atoms with E-state index in [1.807, 2.05) is 6.08 Å². The van der Waals surface area contributed by atoms with E-state index in [-0.39, 0.29) is 0 Å². The Morgan fingerprint density at radius 1 is 1.00 bits per heavy atom. The highest BCUT2D eigenvalue weighted by atomic mass is 16.4. The summed E-state index contributed by atoms with van der Waals surface area (Å²) in [6, 6.07) is 14.5. The maximum absolute atomic E-state index is 11.9. The van der Waals surface area contributed by atoms with Crippen LogP contribution in [0.5, 0.6) is 0 Å². The molecule has 0 atom stereocenters. The number of nitrogens with zero attached hydrogens (tertiary/aromatic N) is 1. The summed E-state index contributed by atoms with van der Waals surface area (Å²) in [6.45, 7) is 0.889. The third-order valence-corrected chi connectivity index (χ3v) is 6.40. The van der Waals surface area contributed by atoms with Crippen molar-refractivity contribution in [1.29, 1.82) is 0 Å². The van der Waals surface area contributed by atoms with Crippen molar-refractivity contribution >= 4 is 22.9 Å². The van der Waals surface area contributed by atoms with E-state index in [4.69, 9.17) is 0 Å². The summed E-state index contributed by atoms with van der Waals surface area (Å²) in [5.41, 5.74) is 6.35. The summed E-state index contributed by atoms with van der Waals surface area (Å²) in [6.07, 6.45) is 11.4. The monoisotopic (exact) mass is 371 g/mol. The molecular weight excluding hydrogens is 346 g/mol. The fourth-order valence-electron chi connectivity index (χ4n) is 5.20. The second-order valence-electron chi connectivity index (χ2n) is 8.03. The van der Waals surface area contributed by atoms with E-state index in [0.717, 1.165) is 24.0 Å². The maximum atomic E-state index is 11.9. The third kappa shape index (κ3) is 2.69. The van der Waals surface area contributed by atoms with Crippen molar-refractivity contribution in [3.8, 4) is 11.3 Å². The fourth-order valence-corrected chi connectivity index (χ4v) is 5.20. The Morgan fingerprint density at radius 3 is 2.54 bits per heavy atom. The van der Waals surface area contributed by atoms with Crippen LogP contribution < -0.4 is 0 Å². The van der Waals surface area contributed by atoms with Gasteiger partial charge >= 0.3 is 5.97 Å². The molecule has 1 saturated carbocycles. The van der Waals surface area contributed by atoms with Gasteiger partial charge in [0.25, 0.3) is 0 Å². The molecule has 0 amide bonds. The summed E-state index contributed by atoms with van der Waals surface area (Å²) in [5.74, 6) is -0.295. The number of allylic oxidation sites excluding steroid dienone is 1. The molecule has 0 radical (unpaired) electrons. The number of rotatable bonds is 3. The van der Waals surface area contributed by atoms with Crippen molar-refractivity contribution in [2.24, 2.45) is 0 Å². The van der Waals surface area contributed by atoms with Crippen LogP contribution in [0, 0.1) is 0 Å². The first-order chi connectivity index (χ1) is 13.8. The van der Waals surface area contributed by atoms with Crippen LogP contribution in [0.4, 0.5) is 0 Å². The number of aryl methyl sites for hydroxylation is 1. The van der Waals surface area contributed by atoms with Gasteiger partial charge in [0.2, 0.25) is 0 Å². The van der Waals surface area contributed by atoms with Crippen LogP contribution in [0.15, 0.2) is 48.5 Å². The molecule has 28 heavy (non-hydrogen) atoms. The minimum atomic E-state index is -0.850. The van der Waals surface area contributed by atoms with Crippen molar-refractivity contribution in [2.75, 3.05) is 0 Å². The molecule has 5 rings (SSSR count). The number of aromatic nitrogens is 1. The van der Waals surface area contributed by atoms with Crippen LogP contribution >= 0.6 is 0 Å². The summed E-state index contributed by atoms with van der Waals surface area (Å²) >= 11 is 0. The third-order valence-electron chi connectivity index (χ3n) is 6.40. The van der Waals surface area contributed by atoms with Gasteiger partial charge in [0, 0.05) is 17.5 Å². The predicted molar refractivity (Wildman–Crippen MR) is 114 cm³/mol. The smallest absolute Gasteiger partial charge is 0.336 e. The fraction of sp³-hybridized carbons (Fsp3) is 0.320. The molecule has 0 unspecified atom stereocenters. The second-order valence-corrected chi connectivity index (χ2v) is 8.03. The van der Waals surface area contributed by atoms with Gasteiger partial charge in [-0.2, -0.15) is 0 Å². The van der Waals surface area contributed by atoms with E-state index in [1.165, 1.54) is 54.3 Å². The van der Waals surface area contributed by atoms with Crippen molar-refractivity contribution < 1.29 is 9.90 Å². The van der Waals surface area contributed by atoms with Crippen LogP contribution in [-0.2, 0) is 6.54 Å². The average Bonchev–Trinajstić information content (AvgIpc) is 2.90. The molecule has 3 heteroatoms. The topological polar surface area (TPSA) is 42.2 Å². The molecule has 3 aromatic rings. The zero-order valence-corrected chi connectivity index (χ0v) is 16.0. The van der Waals surface area contributed by atoms with Gasteiger partial charge in [-0.05, 0) is 42.4 Å². The van der Waals surface area contributed by atoms with Crippen LogP contribution in [0.3, 0.4) is 0 Å². The first-order valence-corrected chi connectivity index (χ1v) is 10.4. The highest BCUT2D eigenvalue weighted by molar-refractivity contribution is 6.04. The molecule has 2 aromatic carbocycles. The van der Waals surface area contributed by atoms with Gasteiger partial charge in [-0.25, -0.2) is 4.79 Å². The Bertz CT molecular complexity index is 1070. The zero-order chi connectivity index (χ0) is 19.1. The van der Waals surface area contributed by atoms with Gasteiger partial charge in [-0.3, -0.25) is 0 Å². The average molecular weight is 371 g/mol. The van der Waals surface area contributed by atoms with Gasteiger partial charge in [0.05, 0.1) is 16.8 Å². The highest BCUT2D eigenvalue weighted by Crippen LogP contribution is 2.46. The first-order valence-electron chi connectivity index (χ1n) is 10.4. The SMILES string of the molecule is O=C(O)c1ccc2c(C3CCCCC3)c(-c3ccccc3)n3c2c1C=CCC3. The largest absolute Gasteiger partial charge is 0.478 e. The summed E-state index contributed by atoms with van der Waals surface area (Å²) in [5, 5.41) is 11.0. The van der Waals surface area contributed by atoms with Gasteiger partial charge in [-0.1, -0.05) is 67.8 Å². The van der Waals surface area contributed by atoms with Crippen LogP contribution in [0.25, 0.3) is 28.2 Å². The minimum Gasteiger partial charge on any atom is -0.478 e. The van der Waals surface area contributed by atoms with Gasteiger partial charge < -0.3 is 9.67 Å². The lowest BCUT2D eigenvalue weighted by Crippen LogP contribution is -2.07. The van der Waals surface area contributed by atoms with E-state index in [2.05, 4.69) is 47.0 Å². The molecular formula is C25H25NO2. The Hall–Kier alpha value is -2.81. The number of benzene rings is 2. The van der Waals surface area contributed by atoms with Gasteiger partial charge in [-0.15, -0.1) is 0 Å². The first kappa shape index (κ1) is 17.3. The highest BCUT2D eigenvalue weighted by Gasteiger charge is 2.29. The Balaban J connectivity index is 1.88. The van der Waals surface area contributed by atoms with E-state index < -0.39 is 5.97 Å². The van der Waals surface area contributed by atoms with Crippen LogP contribution in [-0.4, -0.2) is 15.6 Å². The number of hydrogen-bond acceptors (Lipinski definition) is 1. The van der Waals surface area contributed by atoms with E-state index >= 15 is 0 Å². The Labute approximate surface area is 165 Å². The molecule has 3 nitrogen and oxygen atoms in total. The quantitative estimate of drug-likeness (QED) is 0.573. The van der Waals surface area contributed by atoms with Gasteiger partial charge in [0.15, 0.2) is 0 Å². The normalized spacial score (nSPS) is 17.0. The van der Waals surface area contributed by atoms with E-state index in [9.17, 15) is 9.90 Å². The molecule has 1 aliphatic heterocycles. The number of carboxylic acid groups (broad SMARTS) is 1. The van der Waals surface area contributed by atoms with Crippen LogP contribution in [0.2, 0.25) is 0 Å². The second kappa shape index (κ2) is 6.97. The lowest BCUT2D eigenvalue weighted by Gasteiger charge is -2.23. The molecule has 142 valence electrons. The van der Waals surface area contributed by atoms with Gasteiger partial charge in [0.1, 0.15) is 0 Å². The van der Waals surface area contributed by atoms with Crippen molar-refractivity contribution in [2.45, 2.75) is 51.0 Å².